The maximum Gasteiger partial charge on any atom is 0.347 e. The second-order valence-corrected chi connectivity index (χ2v) is 11.0. The van der Waals surface area contributed by atoms with Gasteiger partial charge in [-0.2, -0.15) is 0 Å². The minimum absolute atomic E-state index is 0.0305. The number of aromatic amines is 3. The van der Waals surface area contributed by atoms with E-state index >= 15 is 0 Å². The Morgan fingerprint density at radius 2 is 1.68 bits per heavy atom. The summed E-state index contributed by atoms with van der Waals surface area (Å²) in [6.07, 6.45) is 2.81. The third kappa shape index (κ3) is 6.82. The van der Waals surface area contributed by atoms with E-state index in [1.165, 1.54) is 29.6 Å². The van der Waals surface area contributed by atoms with Crippen LogP contribution in [0.4, 0.5) is 5.00 Å². The Labute approximate surface area is 263 Å². The van der Waals surface area contributed by atoms with Crippen molar-refractivity contribution in [1.82, 2.24) is 29.3 Å². The van der Waals surface area contributed by atoms with Crippen molar-refractivity contribution in [3.05, 3.63) is 109 Å². The average molecular weight is 654 g/mol. The molecule has 0 atom stereocenters. The van der Waals surface area contributed by atoms with Crippen molar-refractivity contribution in [2.45, 2.75) is 23.2 Å². The zero-order chi connectivity index (χ0) is 31.8. The molecule has 3 N–H and O–H groups in total. The van der Waals surface area contributed by atoms with E-state index in [9.17, 15) is 19.7 Å². The van der Waals surface area contributed by atoms with Crippen molar-refractivity contribution in [1.29, 1.82) is 0 Å². The van der Waals surface area contributed by atoms with E-state index in [-0.39, 0.29) is 16.4 Å². The molecule has 13 nitrogen and oxygen atoms in total. The van der Waals surface area contributed by atoms with Crippen LogP contribution in [0.3, 0.4) is 0 Å². The van der Waals surface area contributed by atoms with Crippen LogP contribution < -0.4 is 20.9 Å². The van der Waals surface area contributed by atoms with Crippen molar-refractivity contribution in [3.8, 4) is 22.9 Å². The van der Waals surface area contributed by atoms with Gasteiger partial charge in [-0.1, -0.05) is 50.2 Å². The number of benzene rings is 3. The summed E-state index contributed by atoms with van der Waals surface area (Å²) in [7, 11) is 3.08. The highest BCUT2D eigenvalue weighted by Gasteiger charge is 2.17. The van der Waals surface area contributed by atoms with E-state index in [2.05, 4.69) is 20.2 Å². The molecule has 3 heterocycles. The number of nitrogens with zero attached hydrogens (tertiary/aromatic N) is 4. The number of imidazole rings is 1. The Balaban J connectivity index is 0.000000203. The van der Waals surface area contributed by atoms with Gasteiger partial charge in [0, 0.05) is 17.6 Å². The zero-order valence-corrected chi connectivity index (χ0v) is 26.3. The van der Waals surface area contributed by atoms with Gasteiger partial charge in [-0.05, 0) is 58.9 Å². The summed E-state index contributed by atoms with van der Waals surface area (Å²) in [5, 5.41) is 18.3. The number of aromatic nitrogens is 6. The minimum atomic E-state index is -0.476. The highest BCUT2D eigenvalue weighted by atomic mass is 32.2. The van der Waals surface area contributed by atoms with Crippen molar-refractivity contribution in [2.24, 2.45) is 0 Å². The van der Waals surface area contributed by atoms with Crippen LogP contribution in [0.15, 0.2) is 92.0 Å². The van der Waals surface area contributed by atoms with Crippen molar-refractivity contribution in [3.63, 3.8) is 0 Å². The summed E-state index contributed by atoms with van der Waals surface area (Å²) in [5.74, 6) is 1.13. The maximum absolute atomic E-state index is 12.4. The van der Waals surface area contributed by atoms with Gasteiger partial charge in [-0.25, -0.2) is 24.2 Å². The molecule has 16 heteroatoms. The number of methoxy groups -OCH3 is 2. The van der Waals surface area contributed by atoms with Crippen molar-refractivity contribution >= 4 is 51.1 Å². The standard InChI is InChI=1S/C16H10N4O3S2.C10H11N3O3S.C2H6/c21-15-17-8-13(24-16-18-9-14(25-16)20(22)23)19(15)12-7-3-5-10-4-1-2-6-11(10)12;1-15-7-4-3-6(5-8(7)16-2)13-9(14)11-12-10(13)17;1-2/h1-9H,(H,17,21);3-5H,1-2H3,(H,11,14)(H,12,17);1-2H3. The molecule has 6 rings (SSSR count). The molecule has 0 fully saturated rings. The first-order valence-corrected chi connectivity index (χ1v) is 15.0. The number of thiazole rings is 1. The zero-order valence-electron chi connectivity index (χ0n) is 23.9. The molecule has 228 valence electrons. The molecule has 0 saturated heterocycles. The molecular weight excluding hydrogens is 627 g/mol. The van der Waals surface area contributed by atoms with E-state index in [0.29, 0.717) is 31.3 Å². The van der Waals surface area contributed by atoms with Gasteiger partial charge >= 0.3 is 16.4 Å². The first-order chi connectivity index (χ1) is 21.3. The van der Waals surface area contributed by atoms with E-state index in [1.54, 1.807) is 36.1 Å². The minimum Gasteiger partial charge on any atom is -0.493 e. The van der Waals surface area contributed by atoms with Gasteiger partial charge in [0.15, 0.2) is 15.8 Å². The van der Waals surface area contributed by atoms with Gasteiger partial charge in [-0.3, -0.25) is 19.8 Å². The second kappa shape index (κ2) is 14.5. The van der Waals surface area contributed by atoms with Crippen LogP contribution in [0, 0.1) is 14.9 Å². The van der Waals surface area contributed by atoms with Crippen molar-refractivity contribution in [2.75, 3.05) is 14.2 Å². The predicted octanol–water partition coefficient (Wildman–Crippen LogP) is 6.10. The van der Waals surface area contributed by atoms with Gasteiger partial charge in [-0.15, -0.1) is 0 Å². The molecule has 0 spiro atoms. The Kier molecular flexibility index (Phi) is 10.5. The first kappa shape index (κ1) is 32.0. The molecule has 0 aliphatic heterocycles. The molecule has 3 aromatic carbocycles. The molecule has 0 bridgehead atoms. The summed E-state index contributed by atoms with van der Waals surface area (Å²) >= 11 is 7.19. The molecule has 0 radical (unpaired) electrons. The average Bonchev–Trinajstić information content (AvgIpc) is 3.76. The Bertz CT molecular complexity index is 2040. The monoisotopic (exact) mass is 653 g/mol. The Hall–Kier alpha value is -4.93. The van der Waals surface area contributed by atoms with Crippen LogP contribution in [-0.4, -0.2) is 48.4 Å². The third-order valence-corrected chi connectivity index (χ3v) is 8.22. The first-order valence-electron chi connectivity index (χ1n) is 13.0. The van der Waals surface area contributed by atoms with Crippen LogP contribution in [0.1, 0.15) is 13.8 Å². The van der Waals surface area contributed by atoms with E-state index < -0.39 is 4.92 Å². The van der Waals surface area contributed by atoms with Crippen LogP contribution in [0.25, 0.3) is 22.1 Å². The summed E-state index contributed by atoms with van der Waals surface area (Å²) in [4.78, 5) is 41.0. The molecule has 0 saturated carbocycles. The van der Waals surface area contributed by atoms with Crippen LogP contribution >= 0.6 is 35.3 Å². The Morgan fingerprint density at radius 3 is 2.34 bits per heavy atom. The number of hydrogen-bond acceptors (Lipinski definition) is 10. The normalized spacial score (nSPS) is 10.4. The molecular formula is C28H27N7O6S3. The Morgan fingerprint density at radius 1 is 0.955 bits per heavy atom. The molecule has 0 unspecified atom stereocenters. The molecule has 44 heavy (non-hydrogen) atoms. The maximum atomic E-state index is 12.4. The van der Waals surface area contributed by atoms with Crippen LogP contribution in [-0.2, 0) is 0 Å². The lowest BCUT2D eigenvalue weighted by molar-refractivity contribution is -0.380. The lowest BCUT2D eigenvalue weighted by atomic mass is 10.1. The quantitative estimate of drug-likeness (QED) is 0.105. The fraction of sp³-hybridized carbons (Fsp3) is 0.143. The lowest BCUT2D eigenvalue weighted by Gasteiger charge is -2.09. The number of hydrogen-bond donors (Lipinski definition) is 3. The fourth-order valence-electron chi connectivity index (χ4n) is 4.04. The number of nitro groups is 1. The largest absolute Gasteiger partial charge is 0.493 e. The number of rotatable bonds is 7. The highest BCUT2D eigenvalue weighted by molar-refractivity contribution is 8.01. The molecule has 0 aliphatic rings. The van der Waals surface area contributed by atoms with E-state index in [4.69, 9.17) is 21.7 Å². The van der Waals surface area contributed by atoms with Gasteiger partial charge < -0.3 is 14.5 Å². The van der Waals surface area contributed by atoms with Crippen LogP contribution in [0.2, 0.25) is 0 Å². The number of nitrogens with one attached hydrogen (secondary N) is 3. The summed E-state index contributed by atoms with van der Waals surface area (Å²) < 4.78 is 14.0. The molecule has 0 aliphatic carbocycles. The smallest absolute Gasteiger partial charge is 0.347 e. The molecule has 6 aromatic rings. The summed E-state index contributed by atoms with van der Waals surface area (Å²) in [6.45, 7) is 4.00. The number of ether oxygens (including phenoxy) is 2. The van der Waals surface area contributed by atoms with Gasteiger partial charge in [0.1, 0.15) is 11.2 Å². The predicted molar refractivity (Wildman–Crippen MR) is 173 cm³/mol. The fourth-order valence-corrected chi connectivity index (χ4v) is 6.10. The van der Waals surface area contributed by atoms with Crippen LogP contribution in [0.5, 0.6) is 11.5 Å². The lowest BCUT2D eigenvalue weighted by Crippen LogP contribution is -2.15. The third-order valence-electron chi connectivity index (χ3n) is 5.90. The highest BCUT2D eigenvalue weighted by Crippen LogP contribution is 2.35. The number of H-pyrrole nitrogens is 3. The van der Waals surface area contributed by atoms with E-state index in [0.717, 1.165) is 27.8 Å². The molecule has 0 amide bonds. The topological polar surface area (TPSA) is 166 Å². The van der Waals surface area contributed by atoms with Gasteiger partial charge in [0.05, 0.1) is 30.5 Å². The van der Waals surface area contributed by atoms with Gasteiger partial charge in [0.2, 0.25) is 4.77 Å². The van der Waals surface area contributed by atoms with E-state index in [1.807, 2.05) is 56.3 Å². The molecule has 3 aromatic heterocycles. The summed E-state index contributed by atoms with van der Waals surface area (Å²) in [5.41, 5.74) is 0.750. The van der Waals surface area contributed by atoms with Crippen molar-refractivity contribution < 1.29 is 14.4 Å². The SMILES string of the molecule is CC.COc1ccc(-n2c(=O)[nH][nH]c2=S)cc1OC.O=c1[nH]cc(Sc2ncc([N+](=O)[O-])s2)n1-c1cccc2ccccc12. The number of fused-ring (bicyclic) bond motifs is 1. The second-order valence-electron chi connectivity index (χ2n) is 8.32. The summed E-state index contributed by atoms with van der Waals surface area (Å²) in [6, 6.07) is 18.6. The van der Waals surface area contributed by atoms with Gasteiger partial charge in [0.25, 0.3) is 0 Å².